The Morgan fingerprint density at radius 1 is 1.06 bits per heavy atom. The summed E-state index contributed by atoms with van der Waals surface area (Å²) in [7, 11) is -3.62. The maximum atomic E-state index is 13.3. The van der Waals surface area contributed by atoms with E-state index in [1.54, 1.807) is 41.7 Å². The number of hydrogen-bond acceptors (Lipinski definition) is 6. The van der Waals surface area contributed by atoms with Crippen LogP contribution >= 0.6 is 11.3 Å². The quantitative estimate of drug-likeness (QED) is 0.654. The standard InChI is InChI=1S/C22H24N4O5S2/c27-19(24-10-12-25(13-11-24)33(30,31)16-5-2-1-3-6-16)15-26-20(28)22(23-21(26)29)9-4-7-18-17(22)8-14-32-18/h1-3,5-6,8,14H,4,7,9-13,15H2,(H,23,29)/t22-/m1/s1. The molecule has 174 valence electrons. The highest BCUT2D eigenvalue weighted by Gasteiger charge is 2.54. The third kappa shape index (κ3) is 3.64. The topological polar surface area (TPSA) is 107 Å². The summed E-state index contributed by atoms with van der Waals surface area (Å²) in [5.41, 5.74) is -0.236. The van der Waals surface area contributed by atoms with E-state index in [-0.39, 0.29) is 49.4 Å². The third-order valence-corrected chi connectivity index (χ3v) is 9.50. The molecule has 11 heteroatoms. The highest BCUT2D eigenvalue weighted by molar-refractivity contribution is 7.89. The fourth-order valence-electron chi connectivity index (χ4n) is 4.84. The summed E-state index contributed by atoms with van der Waals surface area (Å²) in [4.78, 5) is 42.7. The first-order chi connectivity index (χ1) is 15.8. The molecule has 1 aromatic carbocycles. The van der Waals surface area contributed by atoms with E-state index in [1.807, 2.05) is 11.4 Å². The number of rotatable bonds is 4. The molecule has 1 aromatic heterocycles. The molecule has 0 bridgehead atoms. The Bertz CT molecular complexity index is 1200. The van der Waals surface area contributed by atoms with Crippen molar-refractivity contribution in [2.45, 2.75) is 29.7 Å². The second kappa shape index (κ2) is 8.23. The highest BCUT2D eigenvalue weighted by atomic mass is 32.2. The normalized spacial score (nSPS) is 23.6. The van der Waals surface area contributed by atoms with Crippen LogP contribution < -0.4 is 5.32 Å². The Morgan fingerprint density at radius 2 is 1.79 bits per heavy atom. The van der Waals surface area contributed by atoms with E-state index < -0.39 is 21.6 Å². The van der Waals surface area contributed by atoms with Crippen molar-refractivity contribution >= 4 is 39.2 Å². The van der Waals surface area contributed by atoms with Crippen molar-refractivity contribution in [1.29, 1.82) is 0 Å². The van der Waals surface area contributed by atoms with Crippen molar-refractivity contribution < 1.29 is 22.8 Å². The number of carbonyl (C=O) groups is 3. The number of hydrogen-bond donors (Lipinski definition) is 1. The SMILES string of the molecule is O=C(CN1C(=O)N[C@@]2(CCCc3sccc32)C1=O)N1CCN(S(=O)(=O)c2ccccc2)CC1. The van der Waals surface area contributed by atoms with Gasteiger partial charge in [-0.1, -0.05) is 18.2 Å². The molecular formula is C22H24N4O5S2. The number of nitrogens with zero attached hydrogens (tertiary/aromatic N) is 3. The lowest BCUT2D eigenvalue weighted by molar-refractivity contribution is -0.140. The van der Waals surface area contributed by atoms with Gasteiger partial charge >= 0.3 is 6.03 Å². The molecule has 2 fully saturated rings. The Labute approximate surface area is 196 Å². The minimum absolute atomic E-state index is 0.158. The first kappa shape index (κ1) is 22.1. The van der Waals surface area contributed by atoms with Gasteiger partial charge in [-0.2, -0.15) is 4.31 Å². The van der Waals surface area contributed by atoms with Gasteiger partial charge in [0.05, 0.1) is 4.90 Å². The summed E-state index contributed by atoms with van der Waals surface area (Å²) >= 11 is 1.58. The smallest absolute Gasteiger partial charge is 0.325 e. The van der Waals surface area contributed by atoms with Crippen LogP contribution in [-0.4, -0.2) is 73.1 Å². The molecule has 0 unspecified atom stereocenters. The van der Waals surface area contributed by atoms with E-state index in [4.69, 9.17) is 0 Å². The summed E-state index contributed by atoms with van der Waals surface area (Å²) in [6.45, 7) is 0.372. The average molecular weight is 489 g/mol. The van der Waals surface area contributed by atoms with Crippen molar-refractivity contribution in [1.82, 2.24) is 19.4 Å². The second-order valence-electron chi connectivity index (χ2n) is 8.44. The molecule has 1 aliphatic carbocycles. The van der Waals surface area contributed by atoms with Crippen LogP contribution in [0, 0.1) is 0 Å². The minimum Gasteiger partial charge on any atom is -0.338 e. The van der Waals surface area contributed by atoms with E-state index in [9.17, 15) is 22.8 Å². The number of piperazine rings is 1. The summed E-state index contributed by atoms with van der Waals surface area (Å²) < 4.78 is 26.9. The minimum atomic E-state index is -3.62. The third-order valence-electron chi connectivity index (χ3n) is 6.60. The lowest BCUT2D eigenvalue weighted by Crippen LogP contribution is -2.53. The number of thiophene rings is 1. The van der Waals surface area contributed by atoms with Gasteiger partial charge in [-0.3, -0.25) is 14.5 Å². The fraction of sp³-hybridized carbons (Fsp3) is 0.409. The van der Waals surface area contributed by atoms with Crippen LogP contribution in [0.3, 0.4) is 0 Å². The van der Waals surface area contributed by atoms with E-state index >= 15 is 0 Å². The Morgan fingerprint density at radius 3 is 2.52 bits per heavy atom. The molecule has 1 spiro atoms. The molecule has 1 N–H and O–H groups in total. The first-order valence-corrected chi connectivity index (χ1v) is 13.2. The number of nitrogens with one attached hydrogen (secondary N) is 1. The number of amides is 4. The van der Waals surface area contributed by atoms with Gasteiger partial charge in [-0.15, -0.1) is 11.3 Å². The van der Waals surface area contributed by atoms with Crippen LogP contribution in [0.1, 0.15) is 23.3 Å². The highest BCUT2D eigenvalue weighted by Crippen LogP contribution is 2.42. The summed E-state index contributed by atoms with van der Waals surface area (Å²) in [5.74, 6) is -0.751. The largest absolute Gasteiger partial charge is 0.338 e. The van der Waals surface area contributed by atoms with Crippen LogP contribution in [0.5, 0.6) is 0 Å². The Balaban J connectivity index is 1.24. The monoisotopic (exact) mass is 488 g/mol. The predicted octanol–water partition coefficient (Wildman–Crippen LogP) is 1.36. The van der Waals surface area contributed by atoms with Crippen LogP contribution in [0.15, 0.2) is 46.7 Å². The van der Waals surface area contributed by atoms with E-state index in [0.717, 1.165) is 28.2 Å². The van der Waals surface area contributed by atoms with Crippen molar-refractivity contribution in [3.8, 4) is 0 Å². The number of benzene rings is 1. The molecule has 2 aromatic rings. The molecule has 5 rings (SSSR count). The second-order valence-corrected chi connectivity index (χ2v) is 11.4. The lowest BCUT2D eigenvalue weighted by atomic mass is 9.80. The predicted molar refractivity (Wildman–Crippen MR) is 121 cm³/mol. The zero-order valence-corrected chi connectivity index (χ0v) is 19.5. The molecular weight excluding hydrogens is 464 g/mol. The first-order valence-electron chi connectivity index (χ1n) is 10.9. The van der Waals surface area contributed by atoms with Gasteiger partial charge in [0, 0.05) is 36.6 Å². The number of imide groups is 1. The van der Waals surface area contributed by atoms with E-state index in [0.29, 0.717) is 6.42 Å². The van der Waals surface area contributed by atoms with Gasteiger partial charge in [0.15, 0.2) is 0 Å². The van der Waals surface area contributed by atoms with Crippen LogP contribution in [0.25, 0.3) is 0 Å². The molecule has 9 nitrogen and oxygen atoms in total. The van der Waals surface area contributed by atoms with Crippen molar-refractivity contribution in [3.63, 3.8) is 0 Å². The molecule has 3 aliphatic rings. The average Bonchev–Trinajstić information content (AvgIpc) is 3.40. The lowest BCUT2D eigenvalue weighted by Gasteiger charge is -2.34. The van der Waals surface area contributed by atoms with Crippen LogP contribution in [0.4, 0.5) is 4.79 Å². The van der Waals surface area contributed by atoms with Gasteiger partial charge in [0.2, 0.25) is 15.9 Å². The van der Waals surface area contributed by atoms with Gasteiger partial charge in [0.1, 0.15) is 12.1 Å². The fourth-order valence-corrected chi connectivity index (χ4v) is 7.28. The molecule has 2 aliphatic heterocycles. The van der Waals surface area contributed by atoms with Crippen molar-refractivity contribution in [2.24, 2.45) is 0 Å². The number of sulfonamides is 1. The van der Waals surface area contributed by atoms with Gasteiger partial charge in [-0.05, 0) is 42.8 Å². The van der Waals surface area contributed by atoms with Crippen molar-refractivity contribution in [2.75, 3.05) is 32.7 Å². The van der Waals surface area contributed by atoms with E-state index in [2.05, 4.69) is 5.32 Å². The Kier molecular flexibility index (Phi) is 5.50. The molecule has 4 amide bonds. The maximum absolute atomic E-state index is 13.3. The summed E-state index contributed by atoms with van der Waals surface area (Å²) in [6, 6.07) is 9.51. The molecule has 1 atom stereocenters. The number of urea groups is 1. The number of carbonyl (C=O) groups excluding carboxylic acids is 3. The molecule has 0 radical (unpaired) electrons. The van der Waals surface area contributed by atoms with Gasteiger partial charge < -0.3 is 10.2 Å². The van der Waals surface area contributed by atoms with Crippen LogP contribution in [0.2, 0.25) is 0 Å². The number of fused-ring (bicyclic) bond motifs is 2. The molecule has 33 heavy (non-hydrogen) atoms. The summed E-state index contributed by atoms with van der Waals surface area (Å²) in [5, 5.41) is 4.78. The van der Waals surface area contributed by atoms with Gasteiger partial charge in [0.25, 0.3) is 5.91 Å². The van der Waals surface area contributed by atoms with E-state index in [1.165, 1.54) is 9.21 Å². The Hall–Kier alpha value is -2.76. The number of aryl methyl sites for hydroxylation is 1. The van der Waals surface area contributed by atoms with Crippen LogP contribution in [-0.2, 0) is 31.6 Å². The maximum Gasteiger partial charge on any atom is 0.325 e. The van der Waals surface area contributed by atoms with Crippen molar-refractivity contribution in [3.05, 3.63) is 52.2 Å². The molecule has 3 heterocycles. The summed E-state index contributed by atoms with van der Waals surface area (Å²) in [6.07, 6.45) is 2.19. The zero-order valence-electron chi connectivity index (χ0n) is 17.9. The van der Waals surface area contributed by atoms with Gasteiger partial charge in [-0.25, -0.2) is 13.2 Å². The molecule has 2 saturated heterocycles. The zero-order chi connectivity index (χ0) is 23.2. The molecule has 0 saturated carbocycles.